The summed E-state index contributed by atoms with van der Waals surface area (Å²) in [6.45, 7) is 7.71. The van der Waals surface area contributed by atoms with Gasteiger partial charge in [0.05, 0.1) is 19.3 Å². The fraction of sp³-hybridized carbons (Fsp3) is 0.705. The Kier molecular flexibility index (Phi) is 39.0. The van der Waals surface area contributed by atoms with E-state index in [1.165, 1.54) is 77.0 Å². The van der Waals surface area contributed by atoms with Gasteiger partial charge in [0.25, 0.3) is 0 Å². The lowest BCUT2D eigenvalue weighted by Gasteiger charge is -2.19. The average molecular weight is 699 g/mol. The number of carbonyl (C=O) groups excluding carboxylic acids is 1. The van der Waals surface area contributed by atoms with Crippen molar-refractivity contribution < 1.29 is 19.0 Å². The van der Waals surface area contributed by atoms with E-state index in [4.69, 9.17) is 14.2 Å². The molecule has 0 rings (SSSR count). The highest BCUT2D eigenvalue weighted by atomic mass is 16.6. The molecule has 0 saturated heterocycles. The number of allylic oxidation sites excluding steroid dienone is 12. The number of nitrogens with zero attached hydrogens (tertiary/aromatic N) is 1. The van der Waals surface area contributed by atoms with Crippen LogP contribution in [-0.2, 0) is 14.2 Å². The molecule has 0 aromatic rings. The number of unbranched alkanes of at least 4 members (excludes halogenated alkanes) is 12. The fourth-order valence-corrected chi connectivity index (χ4v) is 5.11. The van der Waals surface area contributed by atoms with E-state index in [1.54, 1.807) is 0 Å². The highest BCUT2D eigenvalue weighted by Gasteiger charge is 2.14. The van der Waals surface area contributed by atoms with Crippen molar-refractivity contribution in [2.75, 3.05) is 53.7 Å². The Balaban J connectivity index is 3.97. The predicted octanol–water partition coefficient (Wildman–Crippen LogP) is 11.9. The first-order valence-electron chi connectivity index (χ1n) is 20.2. The Bertz CT molecular complexity index is 832. The van der Waals surface area contributed by atoms with Crippen molar-refractivity contribution in [3.05, 3.63) is 72.9 Å². The van der Waals surface area contributed by atoms with Crippen molar-refractivity contribution >= 4 is 6.09 Å². The van der Waals surface area contributed by atoms with Crippen molar-refractivity contribution in [3.63, 3.8) is 0 Å². The summed E-state index contributed by atoms with van der Waals surface area (Å²) < 4.78 is 17.3. The molecule has 0 aliphatic rings. The zero-order valence-corrected chi connectivity index (χ0v) is 33.0. The highest BCUT2D eigenvalue weighted by Crippen LogP contribution is 2.10. The van der Waals surface area contributed by atoms with Gasteiger partial charge in [-0.2, -0.15) is 0 Å². The van der Waals surface area contributed by atoms with Crippen LogP contribution in [0.15, 0.2) is 72.9 Å². The second kappa shape index (κ2) is 41.0. The number of nitrogens with one attached hydrogen (secondary N) is 1. The van der Waals surface area contributed by atoms with Crippen LogP contribution in [0, 0.1) is 0 Å². The molecule has 0 aliphatic carbocycles. The molecule has 0 bridgehead atoms. The number of hydrogen-bond acceptors (Lipinski definition) is 5. The minimum absolute atomic E-state index is 0.204. The molecule has 0 unspecified atom stereocenters. The molecule has 0 saturated carbocycles. The van der Waals surface area contributed by atoms with Gasteiger partial charge in [0, 0.05) is 19.8 Å². The van der Waals surface area contributed by atoms with Crippen LogP contribution < -0.4 is 5.32 Å². The molecule has 1 N–H and O–H groups in total. The van der Waals surface area contributed by atoms with Crippen LogP contribution in [-0.4, -0.2) is 70.7 Å². The number of likely N-dealkylation sites (N-methyl/N-ethyl adjacent to an activating group) is 1. The van der Waals surface area contributed by atoms with Crippen molar-refractivity contribution in [1.82, 2.24) is 10.2 Å². The summed E-state index contributed by atoms with van der Waals surface area (Å²) in [7, 11) is 3.93. The van der Waals surface area contributed by atoms with E-state index in [1.807, 2.05) is 19.0 Å². The van der Waals surface area contributed by atoms with Crippen LogP contribution in [0.5, 0.6) is 0 Å². The van der Waals surface area contributed by atoms with Gasteiger partial charge in [-0.25, -0.2) is 4.79 Å². The third-order valence-electron chi connectivity index (χ3n) is 8.11. The first-order valence-corrected chi connectivity index (χ1v) is 20.2. The quantitative estimate of drug-likeness (QED) is 0.0521. The van der Waals surface area contributed by atoms with Crippen LogP contribution >= 0.6 is 0 Å². The Morgan fingerprint density at radius 2 is 0.900 bits per heavy atom. The van der Waals surface area contributed by atoms with Gasteiger partial charge in [0.2, 0.25) is 0 Å². The van der Waals surface area contributed by atoms with Gasteiger partial charge in [-0.1, -0.05) is 138 Å². The minimum atomic E-state index is -0.402. The summed E-state index contributed by atoms with van der Waals surface area (Å²) in [5.41, 5.74) is 0. The van der Waals surface area contributed by atoms with Crippen molar-refractivity contribution in [2.45, 2.75) is 148 Å². The Labute approximate surface area is 309 Å². The lowest BCUT2D eigenvalue weighted by Crippen LogP contribution is -2.42. The molecule has 0 aliphatic heterocycles. The molecular formula is C44H78N2O4. The molecule has 6 heteroatoms. The lowest BCUT2D eigenvalue weighted by atomic mass is 10.1. The SMILES string of the molecule is CC/C=C\C/C=C\C/C=C\CCCCCCCCOCC(COCCCCCCCC/C=C\C/C=C\C/C=C\CC)NC(=O)OCCN(C)C. The van der Waals surface area contributed by atoms with Gasteiger partial charge in [-0.15, -0.1) is 0 Å². The average Bonchev–Trinajstić information content (AvgIpc) is 3.10. The fourth-order valence-electron chi connectivity index (χ4n) is 5.11. The third-order valence-corrected chi connectivity index (χ3v) is 8.11. The highest BCUT2D eigenvalue weighted by molar-refractivity contribution is 5.67. The van der Waals surface area contributed by atoms with Crippen LogP contribution in [0.1, 0.15) is 142 Å². The molecule has 0 atom stereocenters. The molecule has 0 aromatic heterocycles. The number of carbonyl (C=O) groups is 1. The standard InChI is InChI=1S/C44H78N2O4/c1-5-7-9-11-13-15-17-19-21-23-25-27-29-31-33-35-38-48-41-43(45-44(47)50-40-37-46(3)4)42-49-39-36-34-32-30-28-26-24-22-20-18-16-14-12-10-8-6-2/h7-10,13-16,19-22,43H,5-6,11-12,17-18,23-42H2,1-4H3,(H,45,47)/b9-7-,10-8-,15-13-,16-14-,21-19-,22-20-. The molecule has 0 fully saturated rings. The second-order valence-electron chi connectivity index (χ2n) is 13.3. The summed E-state index contributed by atoms with van der Waals surface area (Å²) in [5.74, 6) is 0. The van der Waals surface area contributed by atoms with Gasteiger partial charge in [-0.05, 0) is 91.1 Å². The number of rotatable bonds is 36. The van der Waals surface area contributed by atoms with Crippen LogP contribution in [0.2, 0.25) is 0 Å². The van der Waals surface area contributed by atoms with Gasteiger partial charge < -0.3 is 24.4 Å². The molecule has 6 nitrogen and oxygen atoms in total. The first kappa shape index (κ1) is 47.6. The summed E-state index contributed by atoms with van der Waals surface area (Å²) in [5, 5.41) is 2.95. The molecule has 0 spiro atoms. The molecule has 0 heterocycles. The second-order valence-corrected chi connectivity index (χ2v) is 13.3. The molecular weight excluding hydrogens is 620 g/mol. The Morgan fingerprint density at radius 1 is 0.520 bits per heavy atom. The minimum Gasteiger partial charge on any atom is -0.448 e. The van der Waals surface area contributed by atoms with E-state index < -0.39 is 6.09 Å². The van der Waals surface area contributed by atoms with E-state index >= 15 is 0 Å². The third kappa shape index (κ3) is 40.0. The molecule has 0 radical (unpaired) electrons. The summed E-state index contributed by atoms with van der Waals surface area (Å²) in [4.78, 5) is 14.3. The maximum Gasteiger partial charge on any atom is 0.407 e. The number of ether oxygens (including phenoxy) is 3. The largest absolute Gasteiger partial charge is 0.448 e. The first-order chi connectivity index (χ1) is 24.6. The van der Waals surface area contributed by atoms with Crippen LogP contribution in [0.25, 0.3) is 0 Å². The van der Waals surface area contributed by atoms with Crippen molar-refractivity contribution in [1.29, 1.82) is 0 Å². The molecule has 288 valence electrons. The maximum atomic E-state index is 12.3. The number of alkyl carbamates (subject to hydrolysis) is 1. The summed E-state index contributed by atoms with van der Waals surface area (Å²) >= 11 is 0. The maximum absolute atomic E-state index is 12.3. The van der Waals surface area contributed by atoms with Gasteiger partial charge >= 0.3 is 6.09 Å². The van der Waals surface area contributed by atoms with Crippen molar-refractivity contribution in [3.8, 4) is 0 Å². The zero-order chi connectivity index (χ0) is 36.4. The van der Waals surface area contributed by atoms with Gasteiger partial charge in [0.1, 0.15) is 6.61 Å². The normalized spacial score (nSPS) is 12.6. The number of hydrogen-bond donors (Lipinski definition) is 1. The van der Waals surface area contributed by atoms with E-state index in [-0.39, 0.29) is 6.04 Å². The summed E-state index contributed by atoms with van der Waals surface area (Å²) in [6.07, 6.45) is 50.0. The van der Waals surface area contributed by atoms with Crippen molar-refractivity contribution in [2.24, 2.45) is 0 Å². The Morgan fingerprint density at radius 3 is 1.32 bits per heavy atom. The Hall–Kier alpha value is -2.41. The number of amides is 1. The topological polar surface area (TPSA) is 60.0 Å². The van der Waals surface area contributed by atoms with E-state index in [9.17, 15) is 4.79 Å². The molecule has 1 amide bonds. The van der Waals surface area contributed by atoms with Gasteiger partial charge in [0.15, 0.2) is 0 Å². The van der Waals surface area contributed by atoms with Crippen LogP contribution in [0.4, 0.5) is 4.79 Å². The lowest BCUT2D eigenvalue weighted by molar-refractivity contribution is 0.0487. The summed E-state index contributed by atoms with van der Waals surface area (Å²) in [6, 6.07) is -0.204. The molecule has 0 aromatic carbocycles. The van der Waals surface area contributed by atoms with E-state index in [0.717, 1.165) is 51.4 Å². The van der Waals surface area contributed by atoms with E-state index in [0.29, 0.717) is 39.6 Å². The predicted molar refractivity (Wildman–Crippen MR) is 217 cm³/mol. The van der Waals surface area contributed by atoms with Crippen LogP contribution in [0.3, 0.4) is 0 Å². The van der Waals surface area contributed by atoms with Gasteiger partial charge in [-0.3, -0.25) is 0 Å². The van der Waals surface area contributed by atoms with E-state index in [2.05, 4.69) is 92.1 Å². The zero-order valence-electron chi connectivity index (χ0n) is 33.0. The monoisotopic (exact) mass is 699 g/mol. The molecule has 50 heavy (non-hydrogen) atoms. The smallest absolute Gasteiger partial charge is 0.407 e.